The van der Waals surface area contributed by atoms with Crippen molar-refractivity contribution >= 4 is 10.8 Å². The molecule has 0 saturated carbocycles. The van der Waals surface area contributed by atoms with Gasteiger partial charge in [-0.15, -0.1) is 0 Å². The lowest BCUT2D eigenvalue weighted by atomic mass is 10.2. The van der Waals surface area contributed by atoms with Crippen molar-refractivity contribution in [2.24, 2.45) is 0 Å². The first-order valence-electron chi connectivity index (χ1n) is 6.87. The van der Waals surface area contributed by atoms with Gasteiger partial charge in [0.2, 0.25) is 0 Å². The Balaban J connectivity index is 2.33. The van der Waals surface area contributed by atoms with E-state index in [4.69, 9.17) is 4.74 Å². The van der Waals surface area contributed by atoms with Crippen LogP contribution in [0.4, 0.5) is 0 Å². The van der Waals surface area contributed by atoms with E-state index in [0.29, 0.717) is 5.75 Å². The standard InChI is InChI=1S/C15H25NO2S/c1-4-5-10-18-15-8-6-14(7-9-15)11-16-13(2)12-19(3)17/h6-9,13,16H,4-5,10-12H2,1-3H3. The Morgan fingerprint density at radius 2 is 2.00 bits per heavy atom. The van der Waals surface area contributed by atoms with Crippen molar-refractivity contribution in [3.63, 3.8) is 0 Å². The summed E-state index contributed by atoms with van der Waals surface area (Å²) < 4.78 is 16.7. The fourth-order valence-electron chi connectivity index (χ4n) is 1.74. The summed E-state index contributed by atoms with van der Waals surface area (Å²) in [4.78, 5) is 0. The van der Waals surface area contributed by atoms with E-state index in [1.165, 1.54) is 5.56 Å². The maximum absolute atomic E-state index is 11.1. The number of ether oxygens (including phenoxy) is 1. The fraction of sp³-hybridized carbons (Fsp3) is 0.600. The van der Waals surface area contributed by atoms with Gasteiger partial charge in [-0.25, -0.2) is 0 Å². The Hall–Kier alpha value is -0.870. The molecule has 1 N–H and O–H groups in total. The van der Waals surface area contributed by atoms with Gasteiger partial charge in [0.25, 0.3) is 0 Å². The van der Waals surface area contributed by atoms with Crippen LogP contribution in [0.3, 0.4) is 0 Å². The maximum atomic E-state index is 11.1. The molecule has 1 aromatic carbocycles. The Morgan fingerprint density at radius 3 is 2.58 bits per heavy atom. The smallest absolute Gasteiger partial charge is 0.119 e. The average Bonchev–Trinajstić information content (AvgIpc) is 2.37. The van der Waals surface area contributed by atoms with E-state index in [2.05, 4.69) is 31.3 Å². The number of rotatable bonds is 9. The highest BCUT2D eigenvalue weighted by Gasteiger charge is 2.03. The zero-order chi connectivity index (χ0) is 14.1. The van der Waals surface area contributed by atoms with Crippen LogP contribution in [0.25, 0.3) is 0 Å². The number of unbranched alkanes of at least 4 members (excludes halogenated alkanes) is 1. The summed E-state index contributed by atoms with van der Waals surface area (Å²) in [6.45, 7) is 5.80. The number of nitrogens with one attached hydrogen (secondary N) is 1. The van der Waals surface area contributed by atoms with E-state index in [1.807, 2.05) is 12.1 Å². The normalized spacial score (nSPS) is 14.1. The highest BCUT2D eigenvalue weighted by molar-refractivity contribution is 7.84. The molecule has 1 aromatic rings. The highest BCUT2D eigenvalue weighted by atomic mass is 32.2. The summed E-state index contributed by atoms with van der Waals surface area (Å²) in [7, 11) is -0.745. The van der Waals surface area contributed by atoms with Gasteiger partial charge in [-0.3, -0.25) is 4.21 Å². The van der Waals surface area contributed by atoms with Gasteiger partial charge in [-0.2, -0.15) is 0 Å². The number of hydrogen-bond donors (Lipinski definition) is 1. The molecular weight excluding hydrogens is 258 g/mol. The Labute approximate surface area is 119 Å². The van der Waals surface area contributed by atoms with Crippen molar-refractivity contribution in [3.8, 4) is 5.75 Å². The quantitative estimate of drug-likeness (QED) is 0.708. The third-order valence-corrected chi connectivity index (χ3v) is 3.80. The minimum absolute atomic E-state index is 0.270. The molecule has 108 valence electrons. The van der Waals surface area contributed by atoms with Crippen LogP contribution in [0.5, 0.6) is 5.75 Å². The lowest BCUT2D eigenvalue weighted by molar-refractivity contribution is 0.309. The van der Waals surface area contributed by atoms with Gasteiger partial charge < -0.3 is 10.1 Å². The molecule has 0 radical (unpaired) electrons. The molecule has 0 heterocycles. The molecule has 0 aliphatic heterocycles. The average molecular weight is 283 g/mol. The van der Waals surface area contributed by atoms with Crippen LogP contribution < -0.4 is 10.1 Å². The second-order valence-corrected chi connectivity index (χ2v) is 6.35. The molecular formula is C15H25NO2S. The SMILES string of the molecule is CCCCOc1ccc(CNC(C)CS(C)=O)cc1. The van der Waals surface area contributed by atoms with Crippen LogP contribution in [0.15, 0.2) is 24.3 Å². The van der Waals surface area contributed by atoms with Crippen molar-refractivity contribution in [3.05, 3.63) is 29.8 Å². The van der Waals surface area contributed by atoms with E-state index in [0.717, 1.165) is 31.7 Å². The lowest BCUT2D eigenvalue weighted by Gasteiger charge is -2.12. The second kappa shape index (κ2) is 9.10. The summed E-state index contributed by atoms with van der Waals surface area (Å²) in [5, 5.41) is 3.37. The molecule has 0 fully saturated rings. The summed E-state index contributed by atoms with van der Waals surface area (Å²) in [6.07, 6.45) is 3.98. The first-order valence-corrected chi connectivity index (χ1v) is 8.59. The van der Waals surface area contributed by atoms with Crippen molar-refractivity contribution in [2.75, 3.05) is 18.6 Å². The third-order valence-electron chi connectivity index (χ3n) is 2.83. The van der Waals surface area contributed by atoms with Crippen LogP contribution in [0.2, 0.25) is 0 Å². The monoisotopic (exact) mass is 283 g/mol. The van der Waals surface area contributed by atoms with Gasteiger partial charge >= 0.3 is 0 Å². The molecule has 4 heteroatoms. The minimum atomic E-state index is -0.745. The number of hydrogen-bond acceptors (Lipinski definition) is 3. The lowest BCUT2D eigenvalue weighted by Crippen LogP contribution is -2.30. The zero-order valence-corrected chi connectivity index (χ0v) is 13.0. The van der Waals surface area contributed by atoms with E-state index < -0.39 is 10.8 Å². The first kappa shape index (κ1) is 16.2. The van der Waals surface area contributed by atoms with Crippen LogP contribution in [0.1, 0.15) is 32.3 Å². The van der Waals surface area contributed by atoms with Crippen molar-refractivity contribution < 1.29 is 8.95 Å². The number of benzene rings is 1. The Morgan fingerprint density at radius 1 is 1.32 bits per heavy atom. The van der Waals surface area contributed by atoms with Gasteiger partial charge in [0.1, 0.15) is 5.75 Å². The van der Waals surface area contributed by atoms with Crippen molar-refractivity contribution in [2.45, 2.75) is 39.3 Å². The van der Waals surface area contributed by atoms with Crippen LogP contribution >= 0.6 is 0 Å². The fourth-order valence-corrected chi connectivity index (χ4v) is 2.56. The van der Waals surface area contributed by atoms with Gasteiger partial charge in [-0.1, -0.05) is 25.5 Å². The van der Waals surface area contributed by atoms with Crippen LogP contribution in [0, 0.1) is 0 Å². The molecule has 0 aliphatic carbocycles. The molecule has 0 aromatic heterocycles. The second-order valence-electron chi connectivity index (χ2n) is 4.87. The largest absolute Gasteiger partial charge is 0.494 e. The van der Waals surface area contributed by atoms with Gasteiger partial charge in [0, 0.05) is 35.4 Å². The Kier molecular flexibility index (Phi) is 7.75. The van der Waals surface area contributed by atoms with E-state index >= 15 is 0 Å². The molecule has 0 bridgehead atoms. The molecule has 2 atom stereocenters. The topological polar surface area (TPSA) is 38.3 Å². The third kappa shape index (κ3) is 7.33. The predicted molar refractivity (Wildman–Crippen MR) is 82.1 cm³/mol. The van der Waals surface area contributed by atoms with E-state index in [9.17, 15) is 4.21 Å². The summed E-state index contributed by atoms with van der Waals surface area (Å²) in [5.41, 5.74) is 1.22. The molecule has 0 amide bonds. The molecule has 0 aliphatic rings. The van der Waals surface area contributed by atoms with Crippen molar-refractivity contribution in [1.29, 1.82) is 0 Å². The summed E-state index contributed by atoms with van der Waals surface area (Å²) >= 11 is 0. The van der Waals surface area contributed by atoms with Gasteiger partial charge in [0.05, 0.1) is 6.61 Å². The molecule has 3 nitrogen and oxygen atoms in total. The first-order chi connectivity index (χ1) is 9.11. The molecule has 1 rings (SSSR count). The zero-order valence-electron chi connectivity index (χ0n) is 12.1. The molecule has 0 spiro atoms. The van der Waals surface area contributed by atoms with Crippen molar-refractivity contribution in [1.82, 2.24) is 5.32 Å². The molecule has 19 heavy (non-hydrogen) atoms. The maximum Gasteiger partial charge on any atom is 0.119 e. The van der Waals surface area contributed by atoms with Gasteiger partial charge in [-0.05, 0) is 31.0 Å². The highest BCUT2D eigenvalue weighted by Crippen LogP contribution is 2.12. The predicted octanol–water partition coefficient (Wildman–Crippen LogP) is 2.72. The van der Waals surface area contributed by atoms with E-state index in [-0.39, 0.29) is 6.04 Å². The van der Waals surface area contributed by atoms with Crippen LogP contribution in [-0.4, -0.2) is 28.9 Å². The molecule has 0 saturated heterocycles. The summed E-state index contributed by atoms with van der Waals surface area (Å²) in [6, 6.07) is 8.43. The van der Waals surface area contributed by atoms with Crippen LogP contribution in [-0.2, 0) is 17.3 Å². The minimum Gasteiger partial charge on any atom is -0.494 e. The van der Waals surface area contributed by atoms with E-state index in [1.54, 1.807) is 6.26 Å². The molecule has 2 unspecified atom stereocenters. The summed E-state index contributed by atoms with van der Waals surface area (Å²) in [5.74, 6) is 1.62. The Bertz CT molecular complexity index is 378. The van der Waals surface area contributed by atoms with Gasteiger partial charge in [0.15, 0.2) is 0 Å².